The van der Waals surface area contributed by atoms with Crippen LogP contribution in [0.3, 0.4) is 0 Å². The Morgan fingerprint density at radius 3 is 1.97 bits per heavy atom. The van der Waals surface area contributed by atoms with Crippen LogP contribution in [-0.2, 0) is 33.2 Å². The van der Waals surface area contributed by atoms with E-state index in [0.29, 0.717) is 6.42 Å². The average molecular weight is 443 g/mol. The van der Waals surface area contributed by atoms with Crippen LogP contribution < -0.4 is 0 Å². The minimum atomic E-state index is -0.752. The predicted molar refractivity (Wildman–Crippen MR) is 115 cm³/mol. The van der Waals surface area contributed by atoms with Gasteiger partial charge in [-0.3, -0.25) is 4.79 Å². The van der Waals surface area contributed by atoms with E-state index in [1.807, 2.05) is 27.7 Å². The number of ether oxygens (including phenoxy) is 6. The van der Waals surface area contributed by atoms with Gasteiger partial charge >= 0.3 is 5.97 Å². The Morgan fingerprint density at radius 1 is 0.742 bits per heavy atom. The van der Waals surface area contributed by atoms with E-state index in [2.05, 4.69) is 6.92 Å². The molecule has 0 N–H and O–H groups in total. The lowest BCUT2D eigenvalue weighted by molar-refractivity contribution is -0.242. The van der Waals surface area contributed by atoms with E-state index in [0.717, 1.165) is 12.8 Å². The monoisotopic (exact) mass is 442 g/mol. The molecule has 180 valence electrons. The van der Waals surface area contributed by atoms with E-state index in [1.165, 1.54) is 44.9 Å². The Labute approximate surface area is 187 Å². The van der Waals surface area contributed by atoms with E-state index in [4.69, 9.17) is 28.4 Å². The molecule has 0 bridgehead atoms. The molecule has 0 radical (unpaired) electrons. The number of esters is 1. The fourth-order valence-electron chi connectivity index (χ4n) is 4.65. The summed E-state index contributed by atoms with van der Waals surface area (Å²) in [6, 6.07) is 0. The van der Waals surface area contributed by atoms with Crippen molar-refractivity contribution in [3.8, 4) is 0 Å². The van der Waals surface area contributed by atoms with Crippen molar-refractivity contribution in [3.05, 3.63) is 0 Å². The Balaban J connectivity index is 1.37. The molecule has 3 aliphatic rings. The summed E-state index contributed by atoms with van der Waals surface area (Å²) in [4.78, 5) is 12.2. The van der Waals surface area contributed by atoms with Crippen molar-refractivity contribution in [1.29, 1.82) is 0 Å². The van der Waals surface area contributed by atoms with Gasteiger partial charge in [0, 0.05) is 6.42 Å². The number of hydrogen-bond donors (Lipinski definition) is 0. The topological polar surface area (TPSA) is 72.5 Å². The molecule has 0 spiro atoms. The van der Waals surface area contributed by atoms with Gasteiger partial charge in [-0.25, -0.2) is 0 Å². The van der Waals surface area contributed by atoms with Gasteiger partial charge in [0.15, 0.2) is 17.9 Å². The van der Waals surface area contributed by atoms with Crippen LogP contribution in [0.2, 0.25) is 0 Å². The number of fused-ring (bicyclic) bond motifs is 3. The molecular formula is C24H42O7. The fourth-order valence-corrected chi connectivity index (χ4v) is 4.65. The molecule has 7 heteroatoms. The largest absolute Gasteiger partial charge is 0.463 e. The average Bonchev–Trinajstić information content (AvgIpc) is 3.18. The summed E-state index contributed by atoms with van der Waals surface area (Å²) in [6.45, 7) is 9.81. The minimum Gasteiger partial charge on any atom is -0.463 e. The van der Waals surface area contributed by atoms with Crippen molar-refractivity contribution in [2.24, 2.45) is 0 Å². The molecular weight excluding hydrogens is 400 g/mol. The third-order valence-electron chi connectivity index (χ3n) is 6.14. The first-order valence-electron chi connectivity index (χ1n) is 12.2. The second kappa shape index (κ2) is 10.9. The van der Waals surface area contributed by atoms with Gasteiger partial charge in [-0.05, 0) is 34.1 Å². The lowest BCUT2D eigenvalue weighted by atomic mass is 9.99. The Kier molecular flexibility index (Phi) is 8.78. The van der Waals surface area contributed by atoms with Crippen molar-refractivity contribution in [2.75, 3.05) is 6.61 Å². The maximum Gasteiger partial charge on any atom is 0.305 e. The minimum absolute atomic E-state index is 0.129. The molecule has 0 aromatic heterocycles. The molecule has 3 heterocycles. The first-order valence-corrected chi connectivity index (χ1v) is 12.2. The normalized spacial score (nSPS) is 33.1. The predicted octanol–water partition coefficient (Wildman–Crippen LogP) is 4.85. The molecule has 0 aliphatic carbocycles. The highest BCUT2D eigenvalue weighted by molar-refractivity contribution is 5.69. The summed E-state index contributed by atoms with van der Waals surface area (Å²) in [5.41, 5.74) is 0. The second-order valence-corrected chi connectivity index (χ2v) is 9.97. The summed E-state index contributed by atoms with van der Waals surface area (Å²) < 4.78 is 35.6. The SMILES string of the molecule is CCCCCCCCCCCC(=O)OC[C@@H]1O[C@@H]2OC(C)(C)O[C@@H]2[C@H]2OC(C)(C)O[C@H]21. The second-order valence-electron chi connectivity index (χ2n) is 9.97. The first-order chi connectivity index (χ1) is 14.7. The number of rotatable bonds is 12. The van der Waals surface area contributed by atoms with Crippen molar-refractivity contribution < 1.29 is 33.2 Å². The maximum absolute atomic E-state index is 12.2. The van der Waals surface area contributed by atoms with Crippen LogP contribution in [0.4, 0.5) is 0 Å². The Morgan fingerprint density at radius 2 is 1.29 bits per heavy atom. The smallest absolute Gasteiger partial charge is 0.305 e. The molecule has 0 amide bonds. The molecule has 0 saturated carbocycles. The summed E-state index contributed by atoms with van der Waals surface area (Å²) >= 11 is 0. The van der Waals surface area contributed by atoms with Crippen LogP contribution in [0.15, 0.2) is 0 Å². The molecule has 0 unspecified atom stereocenters. The van der Waals surface area contributed by atoms with Crippen molar-refractivity contribution in [2.45, 2.75) is 141 Å². The zero-order valence-corrected chi connectivity index (χ0v) is 20.0. The van der Waals surface area contributed by atoms with Gasteiger partial charge < -0.3 is 28.4 Å². The van der Waals surface area contributed by atoms with Crippen LogP contribution in [0.25, 0.3) is 0 Å². The van der Waals surface area contributed by atoms with Gasteiger partial charge in [0.1, 0.15) is 31.0 Å². The molecule has 0 aromatic carbocycles. The molecule has 3 rings (SSSR count). The number of carbonyl (C=O) groups excluding carboxylic acids is 1. The summed E-state index contributed by atoms with van der Waals surface area (Å²) in [7, 11) is 0. The van der Waals surface area contributed by atoms with Gasteiger partial charge in [-0.2, -0.15) is 0 Å². The van der Waals surface area contributed by atoms with Crippen LogP contribution >= 0.6 is 0 Å². The van der Waals surface area contributed by atoms with E-state index in [1.54, 1.807) is 0 Å². The van der Waals surface area contributed by atoms with Crippen LogP contribution in [-0.4, -0.2) is 54.9 Å². The van der Waals surface area contributed by atoms with Crippen LogP contribution in [0, 0.1) is 0 Å². The zero-order chi connectivity index (χ0) is 22.5. The molecule has 3 aliphatic heterocycles. The van der Waals surface area contributed by atoms with E-state index >= 15 is 0 Å². The Hall–Kier alpha value is -0.730. The summed E-state index contributed by atoms with van der Waals surface area (Å²) in [5, 5.41) is 0. The molecule has 7 nitrogen and oxygen atoms in total. The summed E-state index contributed by atoms with van der Waals surface area (Å²) in [6.07, 6.45) is 9.36. The number of carbonyl (C=O) groups is 1. The van der Waals surface area contributed by atoms with Crippen molar-refractivity contribution in [3.63, 3.8) is 0 Å². The van der Waals surface area contributed by atoms with E-state index in [9.17, 15) is 4.79 Å². The van der Waals surface area contributed by atoms with E-state index < -0.39 is 24.0 Å². The van der Waals surface area contributed by atoms with Gasteiger partial charge in [0.25, 0.3) is 0 Å². The van der Waals surface area contributed by atoms with E-state index in [-0.39, 0.29) is 30.9 Å². The molecule has 5 atom stereocenters. The lowest BCUT2D eigenvalue weighted by Gasteiger charge is -2.36. The van der Waals surface area contributed by atoms with Crippen LogP contribution in [0.1, 0.15) is 98.8 Å². The molecule has 31 heavy (non-hydrogen) atoms. The lowest BCUT2D eigenvalue weighted by Crippen LogP contribution is -2.56. The van der Waals surface area contributed by atoms with Crippen molar-refractivity contribution >= 4 is 5.97 Å². The molecule has 0 aromatic rings. The van der Waals surface area contributed by atoms with Crippen LogP contribution in [0.5, 0.6) is 0 Å². The Bertz CT molecular complexity index is 576. The van der Waals surface area contributed by atoms with Gasteiger partial charge in [-0.1, -0.05) is 58.3 Å². The quantitative estimate of drug-likeness (QED) is 0.316. The number of hydrogen-bond acceptors (Lipinski definition) is 7. The first kappa shape index (κ1) is 24.9. The van der Waals surface area contributed by atoms with Gasteiger partial charge in [0.2, 0.25) is 0 Å². The van der Waals surface area contributed by atoms with Gasteiger partial charge in [0.05, 0.1) is 0 Å². The third-order valence-corrected chi connectivity index (χ3v) is 6.14. The highest BCUT2D eigenvalue weighted by Gasteiger charge is 2.60. The number of unbranched alkanes of at least 4 members (excludes halogenated alkanes) is 8. The zero-order valence-electron chi connectivity index (χ0n) is 20.0. The van der Waals surface area contributed by atoms with Gasteiger partial charge in [-0.15, -0.1) is 0 Å². The highest BCUT2D eigenvalue weighted by Crippen LogP contribution is 2.44. The molecule has 3 saturated heterocycles. The van der Waals surface area contributed by atoms with Crippen molar-refractivity contribution in [1.82, 2.24) is 0 Å². The third kappa shape index (κ3) is 7.13. The standard InChI is InChI=1S/C24H42O7/c1-6-7-8-9-10-11-12-13-14-15-18(25)26-16-17-19-20(29-23(2,3)28-19)21-22(27-17)31-24(4,5)30-21/h17,19-22H,6-16H2,1-5H3/t17-,19-,20-,21+,22+/m0/s1. The maximum atomic E-state index is 12.2. The highest BCUT2D eigenvalue weighted by atomic mass is 16.9. The summed E-state index contributed by atoms with van der Waals surface area (Å²) in [5.74, 6) is -1.69. The molecule has 3 fully saturated rings. The fraction of sp³-hybridized carbons (Fsp3) is 0.958.